The number of carbonyl (C=O) groups is 1. The number of ether oxygens (including phenoxy) is 1. The molecule has 0 amide bonds. The van der Waals surface area contributed by atoms with Crippen LogP contribution in [-0.2, 0) is 15.6 Å². The van der Waals surface area contributed by atoms with E-state index in [1.807, 2.05) is 0 Å². The van der Waals surface area contributed by atoms with Gasteiger partial charge in [0.15, 0.2) is 23.3 Å². The van der Waals surface area contributed by atoms with Gasteiger partial charge in [0.05, 0.1) is 0 Å². The van der Waals surface area contributed by atoms with Crippen LogP contribution in [0.2, 0.25) is 0 Å². The van der Waals surface area contributed by atoms with E-state index < -0.39 is 47.2 Å². The van der Waals surface area contributed by atoms with Crippen LogP contribution in [0.3, 0.4) is 0 Å². The molecule has 1 aromatic rings. The fraction of sp³-hybridized carbons (Fsp3) is 0.125. The van der Waals surface area contributed by atoms with Crippen LogP contribution >= 0.6 is 0 Å². The van der Waals surface area contributed by atoms with Gasteiger partial charge in [0.25, 0.3) is 6.47 Å². The van der Waals surface area contributed by atoms with E-state index >= 15 is 0 Å². The lowest BCUT2D eigenvalue weighted by Crippen LogP contribution is -2.23. The van der Waals surface area contributed by atoms with Crippen LogP contribution in [0, 0.1) is 29.1 Å². The third-order valence-corrected chi connectivity index (χ3v) is 1.70. The Balaban J connectivity index is 3.60. The van der Waals surface area contributed by atoms with Gasteiger partial charge in [-0.25, -0.2) is 22.0 Å². The third kappa shape index (κ3) is 2.04. The largest absolute Gasteiger partial charge is 0.434 e. The van der Waals surface area contributed by atoms with Crippen molar-refractivity contribution < 1.29 is 40.3 Å². The molecule has 1 aromatic carbocycles. The summed E-state index contributed by atoms with van der Waals surface area (Å²) in [5.74, 6) is -13.3. The van der Waals surface area contributed by atoms with Crippen molar-refractivity contribution in [3.05, 3.63) is 34.6 Å². The van der Waals surface area contributed by atoms with Gasteiger partial charge < -0.3 is 4.74 Å². The molecule has 0 bridgehead atoms. The van der Waals surface area contributed by atoms with Gasteiger partial charge in [-0.05, 0) is 0 Å². The van der Waals surface area contributed by atoms with Crippen LogP contribution in [0.4, 0.5) is 30.7 Å². The molecule has 94 valence electrons. The fourth-order valence-electron chi connectivity index (χ4n) is 0.980. The highest BCUT2D eigenvalue weighted by molar-refractivity contribution is 5.39. The predicted octanol–water partition coefficient (Wildman–Crippen LogP) is 2.60. The van der Waals surface area contributed by atoms with E-state index in [2.05, 4.69) is 4.74 Å². The lowest BCUT2D eigenvalue weighted by molar-refractivity contribution is -0.231. The summed E-state index contributed by atoms with van der Waals surface area (Å²) in [6.07, 6.45) is -4.97. The van der Waals surface area contributed by atoms with Crippen molar-refractivity contribution in [1.82, 2.24) is 0 Å². The molecule has 9 heteroatoms. The molecule has 0 saturated heterocycles. The monoisotopic (exact) mass is 262 g/mol. The Hall–Kier alpha value is -1.80. The first kappa shape index (κ1) is 13.3. The molecule has 0 saturated carbocycles. The van der Waals surface area contributed by atoms with E-state index in [9.17, 15) is 35.5 Å². The molecule has 1 rings (SSSR count). The topological polar surface area (TPSA) is 26.3 Å². The van der Waals surface area contributed by atoms with Gasteiger partial charge in [-0.2, -0.15) is 8.78 Å². The Morgan fingerprint density at radius 2 is 1.18 bits per heavy atom. The number of benzene rings is 1. The van der Waals surface area contributed by atoms with E-state index in [0.717, 1.165) is 0 Å². The first-order valence-corrected chi connectivity index (χ1v) is 3.75. The highest BCUT2D eigenvalue weighted by atomic mass is 19.3. The molecular weight excluding hydrogens is 261 g/mol. The number of alkyl halides is 2. The van der Waals surface area contributed by atoms with Gasteiger partial charge in [0.1, 0.15) is 5.56 Å². The molecule has 0 radical (unpaired) electrons. The maximum atomic E-state index is 12.8. The molecule has 0 aliphatic carbocycles. The smallest absolute Gasteiger partial charge is 0.399 e. The van der Waals surface area contributed by atoms with Gasteiger partial charge in [0, 0.05) is 0 Å². The first-order chi connectivity index (χ1) is 7.74. The number of hydrogen-bond acceptors (Lipinski definition) is 2. The van der Waals surface area contributed by atoms with Crippen molar-refractivity contribution in [1.29, 1.82) is 0 Å². The summed E-state index contributed by atoms with van der Waals surface area (Å²) >= 11 is 0. The molecule has 0 fully saturated rings. The second kappa shape index (κ2) is 4.22. The summed E-state index contributed by atoms with van der Waals surface area (Å²) in [5.41, 5.74) is -2.53. The average Bonchev–Trinajstić information content (AvgIpc) is 2.23. The minimum absolute atomic E-state index is 0.891. The van der Waals surface area contributed by atoms with E-state index in [4.69, 9.17) is 0 Å². The molecular formula is C8HF7O2. The minimum atomic E-state index is -4.97. The van der Waals surface area contributed by atoms with E-state index in [0.29, 0.717) is 0 Å². The van der Waals surface area contributed by atoms with Gasteiger partial charge in [-0.3, -0.25) is 4.79 Å². The Labute approximate surface area is 88.6 Å². The highest BCUT2D eigenvalue weighted by Crippen LogP contribution is 2.35. The van der Waals surface area contributed by atoms with Crippen LogP contribution < -0.4 is 0 Å². The van der Waals surface area contributed by atoms with Crippen LogP contribution in [-0.4, -0.2) is 6.47 Å². The summed E-state index contributed by atoms with van der Waals surface area (Å²) < 4.78 is 91.7. The molecule has 0 atom stereocenters. The maximum absolute atomic E-state index is 12.8. The molecule has 0 N–H and O–H groups in total. The summed E-state index contributed by atoms with van der Waals surface area (Å²) in [4.78, 5) is 9.64. The zero-order valence-corrected chi connectivity index (χ0v) is 7.54. The Morgan fingerprint density at radius 3 is 1.53 bits per heavy atom. The summed E-state index contributed by atoms with van der Waals surface area (Å²) in [7, 11) is 0. The Morgan fingerprint density at radius 1 is 0.824 bits per heavy atom. The third-order valence-electron chi connectivity index (χ3n) is 1.70. The van der Waals surface area contributed by atoms with Crippen molar-refractivity contribution in [2.75, 3.05) is 0 Å². The predicted molar refractivity (Wildman–Crippen MR) is 37.3 cm³/mol. The molecule has 0 unspecified atom stereocenters. The van der Waals surface area contributed by atoms with Crippen LogP contribution in [0.1, 0.15) is 5.56 Å². The quantitative estimate of drug-likeness (QED) is 0.362. The van der Waals surface area contributed by atoms with Crippen molar-refractivity contribution in [3.8, 4) is 0 Å². The highest BCUT2D eigenvalue weighted by Gasteiger charge is 2.44. The minimum Gasteiger partial charge on any atom is -0.399 e. The van der Waals surface area contributed by atoms with Gasteiger partial charge in [-0.1, -0.05) is 0 Å². The molecule has 2 nitrogen and oxygen atoms in total. The number of halogens is 7. The van der Waals surface area contributed by atoms with Gasteiger partial charge in [0.2, 0.25) is 5.82 Å². The molecule has 0 aliphatic rings. The van der Waals surface area contributed by atoms with Crippen molar-refractivity contribution in [2.24, 2.45) is 0 Å². The SMILES string of the molecule is O=COC(F)(F)c1c(F)c(F)c(F)c(F)c1F. The standard InChI is InChI=1S/C8HF7O2/c9-3-2(8(14,15)17-1-16)4(10)6(12)7(13)5(3)11/h1H. The fourth-order valence-corrected chi connectivity index (χ4v) is 0.980. The lowest BCUT2D eigenvalue weighted by Gasteiger charge is -2.16. The van der Waals surface area contributed by atoms with E-state index in [-0.39, 0.29) is 0 Å². The first-order valence-electron chi connectivity index (χ1n) is 3.75. The van der Waals surface area contributed by atoms with Crippen molar-refractivity contribution in [2.45, 2.75) is 6.11 Å². The van der Waals surface area contributed by atoms with Crippen LogP contribution in [0.25, 0.3) is 0 Å². The normalized spacial score (nSPS) is 11.5. The van der Waals surface area contributed by atoms with Gasteiger partial charge in [-0.15, -0.1) is 0 Å². The molecule has 0 aromatic heterocycles. The summed E-state index contributed by atoms with van der Waals surface area (Å²) in [6, 6.07) is 0. The van der Waals surface area contributed by atoms with Crippen molar-refractivity contribution in [3.63, 3.8) is 0 Å². The van der Waals surface area contributed by atoms with Crippen LogP contribution in [0.5, 0.6) is 0 Å². The maximum Gasteiger partial charge on any atom is 0.434 e. The molecule has 0 heterocycles. The molecule has 0 aliphatic heterocycles. The zero-order valence-electron chi connectivity index (χ0n) is 7.54. The second-order valence-corrected chi connectivity index (χ2v) is 2.68. The molecule has 0 spiro atoms. The average molecular weight is 262 g/mol. The van der Waals surface area contributed by atoms with Crippen molar-refractivity contribution >= 4 is 6.47 Å². The zero-order chi connectivity index (χ0) is 13.4. The van der Waals surface area contributed by atoms with E-state index in [1.165, 1.54) is 0 Å². The van der Waals surface area contributed by atoms with Gasteiger partial charge >= 0.3 is 6.11 Å². The summed E-state index contributed by atoms with van der Waals surface area (Å²) in [6.45, 7) is -0.891. The number of rotatable bonds is 3. The Bertz CT molecular complexity index is 442. The molecule has 17 heavy (non-hydrogen) atoms. The number of carbonyl (C=O) groups excluding carboxylic acids is 1. The lowest BCUT2D eigenvalue weighted by atomic mass is 10.1. The Kier molecular flexibility index (Phi) is 3.30. The second-order valence-electron chi connectivity index (χ2n) is 2.68. The van der Waals surface area contributed by atoms with Crippen LogP contribution in [0.15, 0.2) is 0 Å². The van der Waals surface area contributed by atoms with E-state index in [1.54, 1.807) is 0 Å². The number of hydrogen-bond donors (Lipinski definition) is 0. The summed E-state index contributed by atoms with van der Waals surface area (Å²) in [5, 5.41) is 0.